The second kappa shape index (κ2) is 12.5. The fourth-order valence-electron chi connectivity index (χ4n) is 6.37. The molecule has 4 aromatic carbocycles. The zero-order chi connectivity index (χ0) is 30.9. The molecule has 0 heterocycles. The van der Waals surface area contributed by atoms with Gasteiger partial charge in [-0.15, -0.1) is 0 Å². The van der Waals surface area contributed by atoms with Crippen LogP contribution in [0, 0.1) is 0 Å². The third kappa shape index (κ3) is 6.28. The first-order chi connectivity index (χ1) is 21.8. The molecule has 3 unspecified atom stereocenters. The lowest BCUT2D eigenvalue weighted by molar-refractivity contribution is 0.746. The minimum Gasteiger partial charge on any atom is -0.0752 e. The molecule has 0 spiro atoms. The Morgan fingerprint density at radius 2 is 0.644 bits per heavy atom. The molecule has 7 rings (SSSR count). The smallest absolute Gasteiger partial charge is 0.0723 e. The largest absolute Gasteiger partial charge is 0.0752 e. The highest BCUT2D eigenvalue weighted by atomic mass is 79.9. The zero-order valence-corrected chi connectivity index (χ0v) is 29.6. The Labute approximate surface area is 292 Å². The molecule has 0 amide bonds. The van der Waals surface area contributed by atoms with Crippen molar-refractivity contribution in [2.45, 2.75) is 32.2 Å². The van der Waals surface area contributed by atoms with Crippen LogP contribution in [-0.4, -0.2) is 0 Å². The SMILES string of the molecule is BrC1(c2cc(C3(Br)C=CC(c4ccccc4)=CC3)cc(C3(Br)C=CC(c4ccccc4)=CC3)c2)C=CC(c2ccccc2)=CC1. The van der Waals surface area contributed by atoms with Crippen molar-refractivity contribution in [2.24, 2.45) is 0 Å². The zero-order valence-electron chi connectivity index (χ0n) is 24.8. The molecule has 222 valence electrons. The maximum Gasteiger partial charge on any atom is 0.0723 e. The van der Waals surface area contributed by atoms with E-state index >= 15 is 0 Å². The van der Waals surface area contributed by atoms with Crippen molar-refractivity contribution in [1.29, 1.82) is 0 Å². The monoisotopic (exact) mass is 774 g/mol. The van der Waals surface area contributed by atoms with Crippen LogP contribution in [0.1, 0.15) is 52.6 Å². The van der Waals surface area contributed by atoms with E-state index in [1.54, 1.807) is 0 Å². The van der Waals surface area contributed by atoms with Crippen molar-refractivity contribution in [3.63, 3.8) is 0 Å². The number of rotatable bonds is 6. The molecule has 3 heteroatoms. The van der Waals surface area contributed by atoms with Crippen LogP contribution < -0.4 is 0 Å². The van der Waals surface area contributed by atoms with Crippen molar-refractivity contribution < 1.29 is 0 Å². The first-order valence-corrected chi connectivity index (χ1v) is 17.8. The minimum atomic E-state index is -0.310. The molecular weight excluding hydrogens is 744 g/mol. The summed E-state index contributed by atoms with van der Waals surface area (Å²) in [6.07, 6.45) is 23.4. The minimum absolute atomic E-state index is 0.310. The van der Waals surface area contributed by atoms with Gasteiger partial charge >= 0.3 is 0 Å². The van der Waals surface area contributed by atoms with Crippen LogP contribution in [0.15, 0.2) is 164 Å². The summed E-state index contributed by atoms with van der Waals surface area (Å²) in [5.41, 5.74) is 11.3. The van der Waals surface area contributed by atoms with Crippen molar-refractivity contribution in [3.8, 4) is 0 Å². The fraction of sp³-hybridized carbons (Fsp3) is 0.143. The van der Waals surface area contributed by atoms with E-state index < -0.39 is 0 Å². The topological polar surface area (TPSA) is 0 Å². The van der Waals surface area contributed by atoms with Gasteiger partial charge in [0.1, 0.15) is 0 Å². The number of halogens is 3. The first kappa shape index (κ1) is 30.4. The highest BCUT2D eigenvalue weighted by molar-refractivity contribution is 9.10. The summed E-state index contributed by atoms with van der Waals surface area (Å²) in [6, 6.07) is 39.1. The fourth-order valence-corrected chi connectivity index (χ4v) is 7.94. The lowest BCUT2D eigenvalue weighted by Crippen LogP contribution is -2.24. The molecule has 45 heavy (non-hydrogen) atoms. The molecular formula is C42H33Br3. The molecule has 0 bridgehead atoms. The summed E-state index contributed by atoms with van der Waals surface area (Å²) in [5.74, 6) is 0. The lowest BCUT2D eigenvalue weighted by atomic mass is 9.79. The van der Waals surface area contributed by atoms with E-state index in [9.17, 15) is 0 Å². The molecule has 0 aliphatic heterocycles. The summed E-state index contributed by atoms with van der Waals surface area (Å²) < 4.78 is -0.930. The van der Waals surface area contributed by atoms with Gasteiger partial charge in [0.05, 0.1) is 13.0 Å². The average Bonchev–Trinajstić information content (AvgIpc) is 3.10. The standard InChI is InChI=1S/C42H33Br3/c43-40(22-16-34(17-23-40)31-10-4-1-5-11-31)37-28-38(41(44)24-18-35(19-25-41)32-12-6-2-7-13-32)30-39(29-37)42(45)26-20-36(21-27-42)33-14-8-3-9-15-33/h1-22,24,26,28-30H,23,25,27H2. The Morgan fingerprint density at radius 1 is 0.378 bits per heavy atom. The Balaban J connectivity index is 1.26. The second-order valence-corrected chi connectivity index (χ2v) is 16.3. The van der Waals surface area contributed by atoms with Gasteiger partial charge in [0.2, 0.25) is 0 Å². The Bertz CT molecular complexity index is 1660. The molecule has 0 radical (unpaired) electrons. The summed E-state index contributed by atoms with van der Waals surface area (Å²) in [4.78, 5) is 0. The molecule has 3 aliphatic carbocycles. The van der Waals surface area contributed by atoms with Crippen LogP contribution in [0.5, 0.6) is 0 Å². The van der Waals surface area contributed by atoms with E-state index in [0.29, 0.717) is 0 Å². The third-order valence-corrected chi connectivity index (χ3v) is 12.3. The summed E-state index contributed by atoms with van der Waals surface area (Å²) >= 11 is 12.6. The number of allylic oxidation sites excluding steroid dienone is 12. The van der Waals surface area contributed by atoms with Gasteiger partial charge in [-0.05, 0) is 69.4 Å². The Morgan fingerprint density at radius 3 is 0.867 bits per heavy atom. The molecule has 0 aromatic heterocycles. The molecule has 4 aromatic rings. The third-order valence-electron chi connectivity index (χ3n) is 9.13. The van der Waals surface area contributed by atoms with Crippen molar-refractivity contribution in [2.75, 3.05) is 0 Å². The van der Waals surface area contributed by atoms with E-state index in [1.807, 2.05) is 0 Å². The maximum absolute atomic E-state index is 4.21. The van der Waals surface area contributed by atoms with Crippen LogP contribution >= 0.6 is 47.8 Å². The molecule has 0 fully saturated rings. The van der Waals surface area contributed by atoms with Crippen LogP contribution in [0.25, 0.3) is 16.7 Å². The molecule has 0 nitrogen and oxygen atoms in total. The van der Waals surface area contributed by atoms with Gasteiger partial charge in [-0.3, -0.25) is 0 Å². The van der Waals surface area contributed by atoms with E-state index in [0.717, 1.165) is 19.3 Å². The first-order valence-electron chi connectivity index (χ1n) is 15.4. The molecule has 0 saturated carbocycles. The number of hydrogen-bond donors (Lipinski definition) is 0. The van der Waals surface area contributed by atoms with Gasteiger partial charge in [-0.25, -0.2) is 0 Å². The molecule has 0 N–H and O–H groups in total. The summed E-state index contributed by atoms with van der Waals surface area (Å²) in [5, 5.41) is 0. The van der Waals surface area contributed by atoms with E-state index in [4.69, 9.17) is 0 Å². The Kier molecular flexibility index (Phi) is 8.46. The van der Waals surface area contributed by atoms with Gasteiger partial charge in [0.15, 0.2) is 0 Å². The van der Waals surface area contributed by atoms with Crippen molar-refractivity contribution in [1.82, 2.24) is 0 Å². The molecule has 3 aliphatic rings. The van der Waals surface area contributed by atoms with E-state index in [1.165, 1.54) is 50.1 Å². The van der Waals surface area contributed by atoms with Crippen LogP contribution in [-0.2, 0) is 13.0 Å². The summed E-state index contributed by atoms with van der Waals surface area (Å²) in [7, 11) is 0. The van der Waals surface area contributed by atoms with Gasteiger partial charge in [-0.1, -0.05) is 212 Å². The average molecular weight is 777 g/mol. The van der Waals surface area contributed by atoms with Crippen molar-refractivity contribution >= 4 is 64.5 Å². The van der Waals surface area contributed by atoms with Gasteiger partial charge in [-0.2, -0.15) is 0 Å². The highest BCUT2D eigenvalue weighted by Crippen LogP contribution is 2.50. The number of alkyl halides is 3. The number of hydrogen-bond acceptors (Lipinski definition) is 0. The second-order valence-electron chi connectivity index (χ2n) is 12.1. The normalized spacial score (nSPS) is 25.8. The highest BCUT2D eigenvalue weighted by Gasteiger charge is 2.36. The summed E-state index contributed by atoms with van der Waals surface area (Å²) in [6.45, 7) is 0. The van der Waals surface area contributed by atoms with Crippen molar-refractivity contribution in [3.05, 3.63) is 197 Å². The maximum atomic E-state index is 4.21. The number of benzene rings is 4. The van der Waals surface area contributed by atoms with Crippen LogP contribution in [0.3, 0.4) is 0 Å². The quantitative estimate of drug-likeness (QED) is 0.171. The predicted octanol–water partition coefficient (Wildman–Crippen LogP) is 12.6. The van der Waals surface area contributed by atoms with Gasteiger partial charge < -0.3 is 0 Å². The molecule has 0 saturated heterocycles. The molecule has 3 atom stereocenters. The van der Waals surface area contributed by atoms with E-state index in [-0.39, 0.29) is 13.0 Å². The van der Waals surface area contributed by atoms with Crippen LogP contribution in [0.2, 0.25) is 0 Å². The predicted molar refractivity (Wildman–Crippen MR) is 203 cm³/mol. The Hall–Kier alpha value is -3.24. The van der Waals surface area contributed by atoms with E-state index in [2.05, 4.69) is 212 Å². The van der Waals surface area contributed by atoms with Gasteiger partial charge in [0.25, 0.3) is 0 Å². The lowest BCUT2D eigenvalue weighted by Gasteiger charge is -2.34. The van der Waals surface area contributed by atoms with Gasteiger partial charge in [0, 0.05) is 0 Å². The van der Waals surface area contributed by atoms with Crippen LogP contribution in [0.4, 0.5) is 0 Å².